The fourth-order valence-corrected chi connectivity index (χ4v) is 3.29. The average Bonchev–Trinajstić information content (AvgIpc) is 2.78. The molecule has 0 saturated carbocycles. The van der Waals surface area contributed by atoms with Crippen LogP contribution in [0.2, 0.25) is 5.02 Å². The number of anilines is 2. The molecule has 3 rings (SSSR count). The number of methoxy groups -OCH3 is 2. The smallest absolute Gasteiger partial charge is 0.266 e. The first-order chi connectivity index (χ1) is 14.5. The topological polar surface area (TPSA) is 83.8 Å². The van der Waals surface area contributed by atoms with E-state index in [1.807, 2.05) is 12.1 Å². The van der Waals surface area contributed by atoms with Crippen LogP contribution in [0.15, 0.2) is 42.0 Å². The van der Waals surface area contributed by atoms with E-state index in [0.717, 1.165) is 5.69 Å². The van der Waals surface area contributed by atoms with E-state index in [2.05, 4.69) is 10.2 Å². The van der Waals surface area contributed by atoms with E-state index < -0.39 is 5.91 Å². The molecule has 1 fully saturated rings. The molecule has 1 N–H and O–H groups in total. The van der Waals surface area contributed by atoms with Gasteiger partial charge in [-0.25, -0.2) is 0 Å². The highest BCUT2D eigenvalue weighted by molar-refractivity contribution is 6.31. The number of morpholine rings is 1. The van der Waals surface area contributed by atoms with Crippen molar-refractivity contribution >= 4 is 35.0 Å². The van der Waals surface area contributed by atoms with E-state index in [1.165, 1.54) is 13.2 Å². The third kappa shape index (κ3) is 5.03. The Morgan fingerprint density at radius 3 is 2.63 bits per heavy atom. The minimum atomic E-state index is -0.535. The zero-order valence-corrected chi connectivity index (χ0v) is 17.5. The highest BCUT2D eigenvalue weighted by Gasteiger charge is 2.18. The molecule has 1 heterocycles. The summed E-state index contributed by atoms with van der Waals surface area (Å²) in [4.78, 5) is 15.0. The molecule has 0 atom stereocenters. The normalized spacial score (nSPS) is 14.1. The lowest BCUT2D eigenvalue weighted by Crippen LogP contribution is -2.36. The number of nitrogens with zero attached hydrogens (tertiary/aromatic N) is 2. The van der Waals surface area contributed by atoms with Crippen LogP contribution in [-0.4, -0.2) is 46.4 Å². The van der Waals surface area contributed by atoms with Gasteiger partial charge in [-0.05, 0) is 36.4 Å². The molecule has 7 nitrogen and oxygen atoms in total. The molecule has 0 radical (unpaired) electrons. The molecule has 1 amide bonds. The highest BCUT2D eigenvalue weighted by Crippen LogP contribution is 2.31. The van der Waals surface area contributed by atoms with E-state index in [0.29, 0.717) is 54.1 Å². The van der Waals surface area contributed by atoms with Crippen molar-refractivity contribution in [1.82, 2.24) is 0 Å². The predicted molar refractivity (Wildman–Crippen MR) is 116 cm³/mol. The number of ether oxygens (including phenoxy) is 3. The second-order valence-electron chi connectivity index (χ2n) is 6.49. The number of hydrogen-bond acceptors (Lipinski definition) is 6. The van der Waals surface area contributed by atoms with Crippen LogP contribution < -0.4 is 19.7 Å². The highest BCUT2D eigenvalue weighted by atomic mass is 35.5. The molecule has 2 aromatic rings. The third-order valence-electron chi connectivity index (χ3n) is 4.66. The first-order valence-electron chi connectivity index (χ1n) is 9.33. The van der Waals surface area contributed by atoms with E-state index in [4.69, 9.17) is 25.8 Å². The Bertz CT molecular complexity index is 994. The van der Waals surface area contributed by atoms with Crippen molar-refractivity contribution in [2.75, 3.05) is 50.7 Å². The number of carbonyl (C=O) groups is 1. The Kier molecular flexibility index (Phi) is 7.17. The summed E-state index contributed by atoms with van der Waals surface area (Å²) in [6.07, 6.45) is 1.48. The van der Waals surface area contributed by atoms with Crippen molar-refractivity contribution in [3.05, 3.63) is 52.6 Å². The lowest BCUT2D eigenvalue weighted by molar-refractivity contribution is -0.112. The third-order valence-corrected chi connectivity index (χ3v) is 4.90. The molecule has 0 bridgehead atoms. The monoisotopic (exact) mass is 427 g/mol. The van der Waals surface area contributed by atoms with Crippen molar-refractivity contribution in [1.29, 1.82) is 5.26 Å². The summed E-state index contributed by atoms with van der Waals surface area (Å²) < 4.78 is 15.9. The van der Waals surface area contributed by atoms with Crippen LogP contribution in [0.4, 0.5) is 11.4 Å². The molecular formula is C22H22ClN3O4. The Morgan fingerprint density at radius 2 is 1.97 bits per heavy atom. The predicted octanol–water partition coefficient (Wildman–Crippen LogP) is 3.74. The molecular weight excluding hydrogens is 406 g/mol. The number of rotatable bonds is 6. The van der Waals surface area contributed by atoms with Gasteiger partial charge in [-0.15, -0.1) is 0 Å². The van der Waals surface area contributed by atoms with Crippen LogP contribution >= 0.6 is 11.6 Å². The fourth-order valence-electron chi connectivity index (χ4n) is 3.12. The molecule has 8 heteroatoms. The van der Waals surface area contributed by atoms with Crippen LogP contribution in [0, 0.1) is 11.3 Å². The maximum absolute atomic E-state index is 12.9. The molecule has 30 heavy (non-hydrogen) atoms. The molecule has 1 saturated heterocycles. The average molecular weight is 428 g/mol. The van der Waals surface area contributed by atoms with Crippen LogP contribution in [-0.2, 0) is 9.53 Å². The van der Waals surface area contributed by atoms with Gasteiger partial charge in [-0.3, -0.25) is 4.79 Å². The number of nitrogens with one attached hydrogen (secondary N) is 1. The summed E-state index contributed by atoms with van der Waals surface area (Å²) in [5.41, 5.74) is 1.89. The van der Waals surface area contributed by atoms with Gasteiger partial charge in [0.2, 0.25) is 0 Å². The van der Waals surface area contributed by atoms with Crippen molar-refractivity contribution in [3.8, 4) is 17.6 Å². The quantitative estimate of drug-likeness (QED) is 0.558. The van der Waals surface area contributed by atoms with E-state index >= 15 is 0 Å². The van der Waals surface area contributed by atoms with E-state index in [-0.39, 0.29) is 5.57 Å². The maximum atomic E-state index is 12.9. The van der Waals surface area contributed by atoms with Gasteiger partial charge in [-0.1, -0.05) is 11.6 Å². The summed E-state index contributed by atoms with van der Waals surface area (Å²) in [6.45, 7) is 2.62. The Hall–Kier alpha value is -3.21. The van der Waals surface area contributed by atoms with Gasteiger partial charge < -0.3 is 24.4 Å². The SMILES string of the molecule is COc1ccc(/C=C(\C#N)C(=O)Nc2cc(Cl)ccc2N2CCOCC2)c(OC)c1. The molecule has 0 spiro atoms. The molecule has 0 aliphatic carbocycles. The Morgan fingerprint density at radius 1 is 1.20 bits per heavy atom. The first-order valence-corrected chi connectivity index (χ1v) is 9.71. The Balaban J connectivity index is 1.88. The largest absolute Gasteiger partial charge is 0.497 e. The second-order valence-corrected chi connectivity index (χ2v) is 6.93. The molecule has 0 aromatic heterocycles. The van der Waals surface area contributed by atoms with Crippen LogP contribution in [0.5, 0.6) is 11.5 Å². The van der Waals surface area contributed by atoms with Gasteiger partial charge in [-0.2, -0.15) is 5.26 Å². The van der Waals surface area contributed by atoms with Crippen molar-refractivity contribution in [3.63, 3.8) is 0 Å². The fraction of sp³-hybridized carbons (Fsp3) is 0.273. The number of benzene rings is 2. The molecule has 2 aromatic carbocycles. The Labute approximate surface area is 180 Å². The molecule has 0 unspecified atom stereocenters. The van der Waals surface area contributed by atoms with Crippen LogP contribution in [0.25, 0.3) is 6.08 Å². The minimum absolute atomic E-state index is 0.0635. The van der Waals surface area contributed by atoms with Crippen LogP contribution in [0.3, 0.4) is 0 Å². The van der Waals surface area contributed by atoms with Crippen LogP contribution in [0.1, 0.15) is 5.56 Å². The summed E-state index contributed by atoms with van der Waals surface area (Å²) in [7, 11) is 3.06. The van der Waals surface area contributed by atoms with Gasteiger partial charge >= 0.3 is 0 Å². The maximum Gasteiger partial charge on any atom is 0.266 e. The molecule has 156 valence electrons. The molecule has 1 aliphatic heterocycles. The standard InChI is InChI=1S/C22H22ClN3O4/c1-28-18-5-3-15(21(13-18)29-2)11-16(14-24)22(27)25-19-12-17(23)4-6-20(19)26-7-9-30-10-8-26/h3-6,11-13H,7-10H2,1-2H3,(H,25,27)/b16-11+. The number of nitriles is 1. The van der Waals surface area contributed by atoms with E-state index in [9.17, 15) is 10.1 Å². The van der Waals surface area contributed by atoms with Gasteiger partial charge in [0.1, 0.15) is 23.1 Å². The number of halogens is 1. The zero-order valence-electron chi connectivity index (χ0n) is 16.8. The van der Waals surface area contributed by atoms with Crippen molar-refractivity contribution in [2.45, 2.75) is 0 Å². The zero-order chi connectivity index (χ0) is 21.5. The van der Waals surface area contributed by atoms with Gasteiger partial charge in [0, 0.05) is 29.7 Å². The minimum Gasteiger partial charge on any atom is -0.497 e. The second kappa shape index (κ2) is 10.0. The summed E-state index contributed by atoms with van der Waals surface area (Å²) >= 11 is 6.15. The number of amides is 1. The number of carbonyl (C=O) groups excluding carboxylic acids is 1. The summed E-state index contributed by atoms with van der Waals surface area (Å²) in [5, 5.41) is 12.9. The van der Waals surface area contributed by atoms with Gasteiger partial charge in [0.15, 0.2) is 0 Å². The lowest BCUT2D eigenvalue weighted by Gasteiger charge is -2.30. The number of hydrogen-bond donors (Lipinski definition) is 1. The van der Waals surface area contributed by atoms with Gasteiger partial charge in [0.25, 0.3) is 5.91 Å². The summed E-state index contributed by atoms with van der Waals surface area (Å²) in [6, 6.07) is 12.4. The van der Waals surface area contributed by atoms with Gasteiger partial charge in [0.05, 0.1) is 38.8 Å². The lowest BCUT2D eigenvalue weighted by atomic mass is 10.1. The first kappa shape index (κ1) is 21.5. The van der Waals surface area contributed by atoms with Crippen molar-refractivity contribution < 1.29 is 19.0 Å². The van der Waals surface area contributed by atoms with Crippen molar-refractivity contribution in [2.24, 2.45) is 0 Å². The summed E-state index contributed by atoms with van der Waals surface area (Å²) in [5.74, 6) is 0.569. The van der Waals surface area contributed by atoms with E-state index in [1.54, 1.807) is 37.4 Å². The molecule has 1 aliphatic rings.